The van der Waals surface area contributed by atoms with E-state index in [1.165, 1.54) is 7.11 Å². The zero-order valence-electron chi connectivity index (χ0n) is 18.8. The number of hydrogen-bond acceptors (Lipinski definition) is 6. The van der Waals surface area contributed by atoms with Crippen LogP contribution in [0.1, 0.15) is 32.6 Å². The van der Waals surface area contributed by atoms with Gasteiger partial charge in [0.25, 0.3) is 0 Å². The predicted octanol–water partition coefficient (Wildman–Crippen LogP) is 5.49. The van der Waals surface area contributed by atoms with Crippen LogP contribution in [0.5, 0.6) is 5.75 Å². The van der Waals surface area contributed by atoms with E-state index in [-0.39, 0.29) is 12.4 Å². The molecule has 172 valence electrons. The van der Waals surface area contributed by atoms with Crippen LogP contribution in [-0.2, 0) is 17.7 Å². The lowest BCUT2D eigenvalue weighted by Gasteiger charge is -2.32. The third-order valence-electron chi connectivity index (χ3n) is 6.17. The number of fused-ring (bicyclic) bond motifs is 3. The number of anilines is 1. The summed E-state index contributed by atoms with van der Waals surface area (Å²) in [6.07, 6.45) is 0.467. The van der Waals surface area contributed by atoms with Gasteiger partial charge in [0, 0.05) is 17.4 Å². The molecular formula is C27H22ClNO5. The molecule has 5 rings (SSSR count). The molecule has 1 aliphatic rings. The van der Waals surface area contributed by atoms with Gasteiger partial charge in [-0.1, -0.05) is 54.1 Å². The van der Waals surface area contributed by atoms with E-state index in [9.17, 15) is 9.59 Å². The second-order valence-electron chi connectivity index (χ2n) is 8.18. The first-order chi connectivity index (χ1) is 16.5. The maximum Gasteiger partial charge on any atom is 0.340 e. The molecule has 0 aliphatic carbocycles. The lowest BCUT2D eigenvalue weighted by molar-refractivity contribution is 0.0601. The van der Waals surface area contributed by atoms with Gasteiger partial charge in [-0.2, -0.15) is 0 Å². The van der Waals surface area contributed by atoms with Crippen molar-refractivity contribution in [1.82, 2.24) is 0 Å². The van der Waals surface area contributed by atoms with Crippen LogP contribution in [-0.4, -0.2) is 19.8 Å². The Balaban J connectivity index is 1.62. The van der Waals surface area contributed by atoms with Gasteiger partial charge in [-0.3, -0.25) is 0 Å². The van der Waals surface area contributed by atoms with Crippen molar-refractivity contribution >= 4 is 34.2 Å². The van der Waals surface area contributed by atoms with E-state index in [1.54, 1.807) is 18.2 Å². The van der Waals surface area contributed by atoms with Crippen molar-refractivity contribution in [3.63, 3.8) is 0 Å². The van der Waals surface area contributed by atoms with Gasteiger partial charge in [-0.25, -0.2) is 9.59 Å². The number of rotatable bonds is 4. The van der Waals surface area contributed by atoms with Crippen molar-refractivity contribution in [3.8, 4) is 5.75 Å². The molecule has 0 fully saturated rings. The first kappa shape index (κ1) is 22.0. The number of aryl methyl sites for hydroxylation is 1. The molecule has 0 radical (unpaired) electrons. The standard InChI is InChI=1S/C27H22ClNO5/c1-16-19-13-22(28)25-21(24(19)34-27(31)20(16)12-17-8-4-3-5-9-17)14-29(15-33-25)23-11-7-6-10-18(23)26(30)32-2/h3-11,13H,12,14-15H2,1-2H3. The second-order valence-corrected chi connectivity index (χ2v) is 8.59. The highest BCUT2D eigenvalue weighted by molar-refractivity contribution is 6.33. The minimum absolute atomic E-state index is 0.182. The summed E-state index contributed by atoms with van der Waals surface area (Å²) in [5, 5.41) is 1.21. The Kier molecular flexibility index (Phi) is 5.75. The molecule has 0 bridgehead atoms. The Bertz CT molecular complexity index is 1460. The zero-order valence-corrected chi connectivity index (χ0v) is 19.5. The molecule has 0 amide bonds. The lowest BCUT2D eigenvalue weighted by Crippen LogP contribution is -2.33. The number of carbonyl (C=O) groups excluding carboxylic acids is 1. The molecule has 0 saturated heterocycles. The topological polar surface area (TPSA) is 69.0 Å². The summed E-state index contributed by atoms with van der Waals surface area (Å²) in [5.41, 5.74) is 4.25. The summed E-state index contributed by atoms with van der Waals surface area (Å²) < 4.78 is 16.8. The highest BCUT2D eigenvalue weighted by atomic mass is 35.5. The smallest absolute Gasteiger partial charge is 0.340 e. The van der Waals surface area contributed by atoms with Gasteiger partial charge < -0.3 is 18.8 Å². The van der Waals surface area contributed by atoms with E-state index in [0.717, 1.165) is 16.5 Å². The Morgan fingerprint density at radius 2 is 1.85 bits per heavy atom. The molecule has 1 aromatic heterocycles. The summed E-state index contributed by atoms with van der Waals surface area (Å²) in [7, 11) is 1.35. The van der Waals surface area contributed by atoms with E-state index in [4.69, 9.17) is 25.5 Å². The van der Waals surface area contributed by atoms with E-state index >= 15 is 0 Å². The van der Waals surface area contributed by atoms with Crippen LogP contribution in [0.25, 0.3) is 11.0 Å². The van der Waals surface area contributed by atoms with Crippen LogP contribution in [0.15, 0.2) is 69.9 Å². The minimum atomic E-state index is -0.440. The first-order valence-corrected chi connectivity index (χ1v) is 11.2. The second kappa shape index (κ2) is 8.88. The van der Waals surface area contributed by atoms with Crippen LogP contribution in [0.3, 0.4) is 0 Å². The SMILES string of the molecule is COC(=O)c1ccccc1N1COc2c(Cl)cc3c(C)c(Cc4ccccc4)c(=O)oc3c2C1. The lowest BCUT2D eigenvalue weighted by atomic mass is 9.97. The number of halogens is 1. The molecule has 3 aromatic carbocycles. The molecule has 7 heteroatoms. The number of para-hydroxylation sites is 1. The minimum Gasteiger partial charge on any atom is -0.471 e. The van der Waals surface area contributed by atoms with Crippen LogP contribution < -0.4 is 15.3 Å². The summed E-state index contributed by atoms with van der Waals surface area (Å²) in [4.78, 5) is 27.2. The van der Waals surface area contributed by atoms with E-state index in [2.05, 4.69) is 0 Å². The van der Waals surface area contributed by atoms with Crippen molar-refractivity contribution < 1.29 is 18.7 Å². The van der Waals surface area contributed by atoms with Gasteiger partial charge in [0.15, 0.2) is 6.73 Å². The molecule has 0 atom stereocenters. The quantitative estimate of drug-likeness (QED) is 0.287. The Morgan fingerprint density at radius 3 is 2.62 bits per heavy atom. The molecule has 0 saturated carbocycles. The van der Waals surface area contributed by atoms with Crippen LogP contribution in [0.2, 0.25) is 5.02 Å². The highest BCUT2D eigenvalue weighted by Crippen LogP contribution is 2.41. The number of esters is 1. The van der Waals surface area contributed by atoms with E-state index in [0.29, 0.717) is 51.7 Å². The van der Waals surface area contributed by atoms with E-state index < -0.39 is 5.97 Å². The van der Waals surface area contributed by atoms with Gasteiger partial charge in [-0.05, 0) is 36.2 Å². The molecule has 2 heterocycles. The molecule has 4 aromatic rings. The fraction of sp³-hybridized carbons (Fsp3) is 0.185. The number of ether oxygens (including phenoxy) is 2. The maximum atomic E-state index is 13.0. The fourth-order valence-electron chi connectivity index (χ4n) is 4.40. The highest BCUT2D eigenvalue weighted by Gasteiger charge is 2.28. The zero-order chi connectivity index (χ0) is 23.8. The fourth-order valence-corrected chi connectivity index (χ4v) is 4.68. The largest absolute Gasteiger partial charge is 0.471 e. The van der Waals surface area contributed by atoms with Crippen molar-refractivity contribution in [1.29, 1.82) is 0 Å². The molecule has 34 heavy (non-hydrogen) atoms. The average Bonchev–Trinajstić information content (AvgIpc) is 2.87. The third kappa shape index (κ3) is 3.80. The summed E-state index contributed by atoms with van der Waals surface area (Å²) in [6, 6.07) is 18.7. The summed E-state index contributed by atoms with van der Waals surface area (Å²) in [6.45, 7) is 2.44. The first-order valence-electron chi connectivity index (χ1n) is 10.8. The molecule has 6 nitrogen and oxygen atoms in total. The predicted molar refractivity (Wildman–Crippen MR) is 131 cm³/mol. The van der Waals surface area contributed by atoms with Crippen LogP contribution in [0, 0.1) is 6.92 Å². The molecule has 0 N–H and O–H groups in total. The van der Waals surface area contributed by atoms with Crippen molar-refractivity contribution in [2.24, 2.45) is 0 Å². The average molecular weight is 476 g/mol. The van der Waals surface area contributed by atoms with Gasteiger partial charge in [0.05, 0.1) is 35.5 Å². The monoisotopic (exact) mass is 475 g/mol. The van der Waals surface area contributed by atoms with E-state index in [1.807, 2.05) is 54.3 Å². The number of nitrogens with zero attached hydrogens (tertiary/aromatic N) is 1. The number of benzene rings is 3. The van der Waals surface area contributed by atoms with Gasteiger partial charge in [-0.15, -0.1) is 0 Å². The summed E-state index contributed by atoms with van der Waals surface area (Å²) >= 11 is 6.61. The maximum absolute atomic E-state index is 13.0. The Morgan fingerprint density at radius 1 is 1.12 bits per heavy atom. The van der Waals surface area contributed by atoms with Crippen LogP contribution >= 0.6 is 11.6 Å². The summed E-state index contributed by atoms with van der Waals surface area (Å²) in [5.74, 6) is 0.0459. The molecule has 0 spiro atoms. The number of methoxy groups -OCH3 is 1. The number of hydrogen-bond donors (Lipinski definition) is 0. The van der Waals surface area contributed by atoms with Crippen LogP contribution in [0.4, 0.5) is 5.69 Å². The van der Waals surface area contributed by atoms with Crippen molar-refractivity contribution in [2.45, 2.75) is 19.9 Å². The number of carbonyl (C=O) groups is 1. The Hall–Kier alpha value is -3.77. The molecule has 0 unspecified atom stereocenters. The normalized spacial score (nSPS) is 12.9. The van der Waals surface area contributed by atoms with Crippen molar-refractivity contribution in [3.05, 3.63) is 104 Å². The van der Waals surface area contributed by atoms with Crippen molar-refractivity contribution in [2.75, 3.05) is 18.7 Å². The van der Waals surface area contributed by atoms with Gasteiger partial charge in [0.2, 0.25) is 0 Å². The molecular weight excluding hydrogens is 454 g/mol. The van der Waals surface area contributed by atoms with Gasteiger partial charge >= 0.3 is 11.6 Å². The molecule has 1 aliphatic heterocycles. The third-order valence-corrected chi connectivity index (χ3v) is 6.45. The Labute approximate surface area is 201 Å². The van der Waals surface area contributed by atoms with Gasteiger partial charge in [0.1, 0.15) is 11.3 Å².